The Bertz CT molecular complexity index is 965. The summed E-state index contributed by atoms with van der Waals surface area (Å²) in [5.41, 5.74) is 4.22. The minimum absolute atomic E-state index is 0.636. The van der Waals surface area contributed by atoms with E-state index in [1.54, 1.807) is 12.4 Å². The van der Waals surface area contributed by atoms with Crippen LogP contribution in [0.2, 0.25) is 5.02 Å². The average molecular weight is 335 g/mol. The van der Waals surface area contributed by atoms with Gasteiger partial charge in [0.25, 0.3) is 0 Å². The quantitative estimate of drug-likeness (QED) is 0.590. The van der Waals surface area contributed by atoms with Crippen LogP contribution in [0.1, 0.15) is 5.56 Å². The van der Waals surface area contributed by atoms with E-state index in [0.29, 0.717) is 11.6 Å². The normalized spacial score (nSPS) is 10.9. The minimum atomic E-state index is 0.636. The Kier molecular flexibility index (Phi) is 3.89. The van der Waals surface area contributed by atoms with E-state index in [4.69, 9.17) is 11.6 Å². The molecule has 0 amide bonds. The Morgan fingerprint density at radius 3 is 2.62 bits per heavy atom. The van der Waals surface area contributed by atoms with E-state index in [0.717, 1.165) is 28.0 Å². The Hall–Kier alpha value is -2.85. The van der Waals surface area contributed by atoms with Gasteiger partial charge < -0.3 is 5.32 Å². The van der Waals surface area contributed by atoms with Crippen molar-refractivity contribution in [2.45, 2.75) is 6.54 Å². The molecule has 0 bridgehead atoms. The lowest BCUT2D eigenvalue weighted by Gasteiger charge is -2.11. The van der Waals surface area contributed by atoms with Crippen molar-refractivity contribution in [2.24, 2.45) is 0 Å². The molecule has 0 unspecified atom stereocenters. The summed E-state index contributed by atoms with van der Waals surface area (Å²) >= 11 is 6.30. The maximum Gasteiger partial charge on any atom is 0.129 e. The molecule has 4 rings (SSSR count). The summed E-state index contributed by atoms with van der Waals surface area (Å²) in [7, 11) is 0. The molecule has 3 heterocycles. The first-order valence-corrected chi connectivity index (χ1v) is 8.04. The second kappa shape index (κ2) is 6.34. The van der Waals surface area contributed by atoms with Crippen LogP contribution in [-0.4, -0.2) is 14.6 Å². The van der Waals surface area contributed by atoms with Crippen LogP contribution < -0.4 is 5.32 Å². The first-order valence-electron chi connectivity index (χ1n) is 7.67. The van der Waals surface area contributed by atoms with Gasteiger partial charge in [0.1, 0.15) is 5.82 Å². The third-order valence-electron chi connectivity index (χ3n) is 3.88. The minimum Gasteiger partial charge on any atom is -0.366 e. The molecule has 3 aromatic heterocycles. The number of hydrogen-bond acceptors (Lipinski definition) is 3. The number of pyridine rings is 2. The topological polar surface area (TPSA) is 42.2 Å². The number of rotatable bonds is 4. The second-order valence-corrected chi connectivity index (χ2v) is 5.91. The van der Waals surface area contributed by atoms with Crippen LogP contribution >= 0.6 is 11.6 Å². The van der Waals surface area contributed by atoms with Crippen molar-refractivity contribution in [3.8, 4) is 11.1 Å². The third-order valence-corrected chi connectivity index (χ3v) is 4.17. The third kappa shape index (κ3) is 2.84. The first kappa shape index (κ1) is 14.7. The molecule has 1 aromatic carbocycles. The maximum atomic E-state index is 6.30. The van der Waals surface area contributed by atoms with Gasteiger partial charge in [0.05, 0.1) is 16.7 Å². The Morgan fingerprint density at radius 2 is 1.83 bits per heavy atom. The van der Waals surface area contributed by atoms with Gasteiger partial charge in [0.2, 0.25) is 0 Å². The van der Waals surface area contributed by atoms with Gasteiger partial charge in [-0.2, -0.15) is 5.10 Å². The molecule has 118 valence electrons. The molecule has 0 aliphatic rings. The fourth-order valence-corrected chi connectivity index (χ4v) is 2.85. The first-order chi connectivity index (χ1) is 11.8. The van der Waals surface area contributed by atoms with Crippen molar-refractivity contribution < 1.29 is 0 Å². The highest BCUT2D eigenvalue weighted by Gasteiger charge is 2.10. The van der Waals surface area contributed by atoms with Gasteiger partial charge in [-0.05, 0) is 34.9 Å². The van der Waals surface area contributed by atoms with Crippen LogP contribution in [0.3, 0.4) is 0 Å². The summed E-state index contributed by atoms with van der Waals surface area (Å²) in [6, 6.07) is 18.3. The van der Waals surface area contributed by atoms with E-state index in [-0.39, 0.29) is 0 Å². The fourth-order valence-electron chi connectivity index (χ4n) is 2.68. The van der Waals surface area contributed by atoms with Crippen molar-refractivity contribution in [3.63, 3.8) is 0 Å². The van der Waals surface area contributed by atoms with Crippen LogP contribution in [0.4, 0.5) is 5.82 Å². The molecule has 0 spiro atoms. The highest BCUT2D eigenvalue weighted by molar-refractivity contribution is 6.33. The van der Waals surface area contributed by atoms with Crippen molar-refractivity contribution in [3.05, 3.63) is 83.8 Å². The number of nitrogens with one attached hydrogen (secondary N) is 1. The van der Waals surface area contributed by atoms with Crippen molar-refractivity contribution in [2.75, 3.05) is 5.32 Å². The molecule has 0 saturated heterocycles. The SMILES string of the molecule is Clc1cnn2c(NCc3cccnc3)cc(-c3ccccc3)cc12. The van der Waals surface area contributed by atoms with Crippen molar-refractivity contribution >= 4 is 22.9 Å². The second-order valence-electron chi connectivity index (χ2n) is 5.50. The molecule has 0 atom stereocenters. The number of halogens is 1. The van der Waals surface area contributed by atoms with E-state index in [1.807, 2.05) is 41.0 Å². The predicted molar refractivity (Wildman–Crippen MR) is 97.2 cm³/mol. The molecule has 0 saturated carbocycles. The summed E-state index contributed by atoms with van der Waals surface area (Å²) in [6.07, 6.45) is 5.28. The Balaban J connectivity index is 1.76. The zero-order valence-corrected chi connectivity index (χ0v) is 13.6. The zero-order valence-electron chi connectivity index (χ0n) is 12.9. The summed E-state index contributed by atoms with van der Waals surface area (Å²) in [5, 5.41) is 8.44. The van der Waals surface area contributed by atoms with Crippen LogP contribution in [-0.2, 0) is 6.54 Å². The molecule has 1 N–H and O–H groups in total. The van der Waals surface area contributed by atoms with Crippen LogP contribution in [0, 0.1) is 0 Å². The van der Waals surface area contributed by atoms with Crippen LogP contribution in [0.15, 0.2) is 73.2 Å². The molecule has 0 radical (unpaired) electrons. The zero-order chi connectivity index (χ0) is 16.4. The molecule has 24 heavy (non-hydrogen) atoms. The Morgan fingerprint density at radius 1 is 0.958 bits per heavy atom. The summed E-state index contributed by atoms with van der Waals surface area (Å²) < 4.78 is 1.82. The molecule has 0 fully saturated rings. The fraction of sp³-hybridized carbons (Fsp3) is 0.0526. The van der Waals surface area contributed by atoms with E-state index in [1.165, 1.54) is 0 Å². The highest BCUT2D eigenvalue weighted by Crippen LogP contribution is 2.28. The lowest BCUT2D eigenvalue weighted by Crippen LogP contribution is -2.05. The van der Waals surface area contributed by atoms with Gasteiger partial charge in [0.15, 0.2) is 0 Å². The maximum absolute atomic E-state index is 6.30. The molecule has 0 aliphatic carbocycles. The molecule has 4 nitrogen and oxygen atoms in total. The van der Waals surface area contributed by atoms with E-state index >= 15 is 0 Å². The molecule has 5 heteroatoms. The van der Waals surface area contributed by atoms with Crippen molar-refractivity contribution in [1.29, 1.82) is 0 Å². The molecule has 4 aromatic rings. The van der Waals surface area contributed by atoms with Gasteiger partial charge in [-0.15, -0.1) is 0 Å². The van der Waals surface area contributed by atoms with E-state index in [2.05, 4.69) is 39.7 Å². The number of benzene rings is 1. The lowest BCUT2D eigenvalue weighted by atomic mass is 10.1. The smallest absolute Gasteiger partial charge is 0.129 e. The van der Waals surface area contributed by atoms with E-state index < -0.39 is 0 Å². The molecule has 0 aliphatic heterocycles. The number of fused-ring (bicyclic) bond motifs is 1. The Labute approximate surface area is 144 Å². The van der Waals surface area contributed by atoms with Crippen LogP contribution in [0.25, 0.3) is 16.6 Å². The summed E-state index contributed by atoms with van der Waals surface area (Å²) in [6.45, 7) is 0.665. The van der Waals surface area contributed by atoms with Gasteiger partial charge in [-0.25, -0.2) is 4.52 Å². The standard InChI is InChI=1S/C19H15ClN4/c20-17-13-23-24-18(17)9-16(15-6-2-1-3-7-15)10-19(24)22-12-14-5-4-8-21-11-14/h1-11,13,22H,12H2. The van der Waals surface area contributed by atoms with Gasteiger partial charge >= 0.3 is 0 Å². The van der Waals surface area contributed by atoms with Gasteiger partial charge in [-0.1, -0.05) is 48.0 Å². The number of nitrogens with zero attached hydrogens (tertiary/aromatic N) is 3. The lowest BCUT2D eigenvalue weighted by molar-refractivity contribution is 0.942. The number of hydrogen-bond donors (Lipinski definition) is 1. The van der Waals surface area contributed by atoms with Gasteiger partial charge in [0, 0.05) is 18.9 Å². The summed E-state index contributed by atoms with van der Waals surface area (Å²) in [5.74, 6) is 0.891. The van der Waals surface area contributed by atoms with E-state index in [9.17, 15) is 0 Å². The monoisotopic (exact) mass is 334 g/mol. The average Bonchev–Trinajstić information content (AvgIpc) is 3.02. The summed E-state index contributed by atoms with van der Waals surface area (Å²) in [4.78, 5) is 4.15. The van der Waals surface area contributed by atoms with Gasteiger partial charge in [-0.3, -0.25) is 4.98 Å². The molecular formula is C19H15ClN4. The number of aromatic nitrogens is 3. The number of anilines is 1. The molecular weight excluding hydrogens is 320 g/mol. The van der Waals surface area contributed by atoms with Crippen molar-refractivity contribution in [1.82, 2.24) is 14.6 Å². The highest BCUT2D eigenvalue weighted by atomic mass is 35.5. The van der Waals surface area contributed by atoms with Crippen LogP contribution in [0.5, 0.6) is 0 Å². The predicted octanol–water partition coefficient (Wildman–Crippen LogP) is 4.66. The largest absolute Gasteiger partial charge is 0.366 e.